The monoisotopic (exact) mass is 212 g/mol. The van der Waals surface area contributed by atoms with Gasteiger partial charge in [0.05, 0.1) is 0 Å². The zero-order chi connectivity index (χ0) is 11.4. The van der Waals surface area contributed by atoms with E-state index in [1.807, 2.05) is 11.8 Å². The zero-order valence-corrected chi connectivity index (χ0v) is 10.2. The van der Waals surface area contributed by atoms with Crippen molar-refractivity contribution in [1.29, 1.82) is 0 Å². The predicted molar refractivity (Wildman–Crippen MR) is 62.5 cm³/mol. The Balaban J connectivity index is 2.60. The molecule has 3 heteroatoms. The van der Waals surface area contributed by atoms with Gasteiger partial charge in [-0.2, -0.15) is 0 Å². The number of likely N-dealkylation sites (tertiary alicyclic amines) is 1. The van der Waals surface area contributed by atoms with Crippen LogP contribution >= 0.6 is 0 Å². The fourth-order valence-corrected chi connectivity index (χ4v) is 2.34. The Morgan fingerprint density at radius 1 is 1.47 bits per heavy atom. The van der Waals surface area contributed by atoms with Gasteiger partial charge in [-0.3, -0.25) is 4.79 Å². The number of hydrogen-bond acceptors (Lipinski definition) is 2. The van der Waals surface area contributed by atoms with Gasteiger partial charge in [-0.15, -0.1) is 0 Å². The van der Waals surface area contributed by atoms with Crippen molar-refractivity contribution in [2.45, 2.75) is 58.5 Å². The normalized spacial score (nSPS) is 24.7. The van der Waals surface area contributed by atoms with E-state index in [9.17, 15) is 4.79 Å². The second kappa shape index (κ2) is 5.50. The summed E-state index contributed by atoms with van der Waals surface area (Å²) in [5.41, 5.74) is 5.78. The van der Waals surface area contributed by atoms with Crippen LogP contribution in [0, 0.1) is 5.92 Å². The summed E-state index contributed by atoms with van der Waals surface area (Å²) in [4.78, 5) is 13.8. The quantitative estimate of drug-likeness (QED) is 0.772. The molecule has 0 radical (unpaired) electrons. The lowest BCUT2D eigenvalue weighted by Gasteiger charge is -2.37. The highest BCUT2D eigenvalue weighted by Gasteiger charge is 2.28. The summed E-state index contributed by atoms with van der Waals surface area (Å²) >= 11 is 0. The first-order valence-corrected chi connectivity index (χ1v) is 6.05. The van der Waals surface area contributed by atoms with E-state index < -0.39 is 0 Å². The smallest absolute Gasteiger partial charge is 0.222 e. The third-order valence-corrected chi connectivity index (χ3v) is 2.92. The molecular formula is C12H24N2O. The highest BCUT2D eigenvalue weighted by atomic mass is 16.2. The summed E-state index contributed by atoms with van der Waals surface area (Å²) < 4.78 is 0. The molecule has 0 bridgehead atoms. The van der Waals surface area contributed by atoms with E-state index in [0.29, 0.717) is 24.3 Å². The topological polar surface area (TPSA) is 46.3 Å². The maximum Gasteiger partial charge on any atom is 0.222 e. The first kappa shape index (κ1) is 12.5. The molecule has 0 spiro atoms. The van der Waals surface area contributed by atoms with Crippen LogP contribution in [0.5, 0.6) is 0 Å². The third-order valence-electron chi connectivity index (χ3n) is 2.92. The van der Waals surface area contributed by atoms with Crippen LogP contribution in [0.15, 0.2) is 0 Å². The number of rotatable bonds is 4. The van der Waals surface area contributed by atoms with Crippen LogP contribution in [0.4, 0.5) is 0 Å². The lowest BCUT2D eigenvalue weighted by Crippen LogP contribution is -2.48. The van der Waals surface area contributed by atoms with Gasteiger partial charge in [0.1, 0.15) is 0 Å². The Hall–Kier alpha value is -0.570. The van der Waals surface area contributed by atoms with E-state index in [0.717, 1.165) is 25.8 Å². The van der Waals surface area contributed by atoms with Crippen LogP contribution in [0.3, 0.4) is 0 Å². The average Bonchev–Trinajstić information content (AvgIpc) is 2.09. The summed E-state index contributed by atoms with van der Waals surface area (Å²) in [6, 6.07) is 0.513. The van der Waals surface area contributed by atoms with Gasteiger partial charge in [0.15, 0.2) is 0 Å². The van der Waals surface area contributed by atoms with Crippen LogP contribution in [0.1, 0.15) is 46.5 Å². The van der Waals surface area contributed by atoms with E-state index in [2.05, 4.69) is 13.8 Å². The first-order chi connectivity index (χ1) is 7.00. The van der Waals surface area contributed by atoms with Gasteiger partial charge in [0.25, 0.3) is 0 Å². The Bertz CT molecular complexity index is 214. The lowest BCUT2D eigenvalue weighted by molar-refractivity contribution is -0.137. The molecule has 0 aromatic carbocycles. The zero-order valence-electron chi connectivity index (χ0n) is 10.2. The van der Waals surface area contributed by atoms with Crippen LogP contribution < -0.4 is 5.73 Å². The van der Waals surface area contributed by atoms with Crippen LogP contribution in [0.2, 0.25) is 0 Å². The van der Waals surface area contributed by atoms with Crippen molar-refractivity contribution in [1.82, 2.24) is 4.90 Å². The maximum absolute atomic E-state index is 11.8. The molecule has 3 nitrogen and oxygen atoms in total. The average molecular weight is 212 g/mol. The number of carbonyl (C=O) groups excluding carboxylic acids is 1. The fraction of sp³-hybridized carbons (Fsp3) is 0.917. The van der Waals surface area contributed by atoms with E-state index in [1.54, 1.807) is 0 Å². The third kappa shape index (κ3) is 3.82. The Labute approximate surface area is 93.0 Å². The van der Waals surface area contributed by atoms with Crippen molar-refractivity contribution in [3.8, 4) is 0 Å². The number of nitrogens with two attached hydrogens (primary N) is 1. The molecule has 1 aliphatic rings. The summed E-state index contributed by atoms with van der Waals surface area (Å²) in [5.74, 6) is 0.945. The molecule has 2 unspecified atom stereocenters. The van der Waals surface area contributed by atoms with Crippen LogP contribution in [-0.2, 0) is 4.79 Å². The number of nitrogens with zero attached hydrogens (tertiary/aromatic N) is 1. The van der Waals surface area contributed by atoms with E-state index in [-0.39, 0.29) is 6.04 Å². The van der Waals surface area contributed by atoms with Crippen molar-refractivity contribution >= 4 is 5.91 Å². The van der Waals surface area contributed by atoms with Crippen molar-refractivity contribution < 1.29 is 4.79 Å². The van der Waals surface area contributed by atoms with Gasteiger partial charge < -0.3 is 10.6 Å². The summed E-state index contributed by atoms with van der Waals surface area (Å²) in [6.45, 7) is 7.11. The number of hydrogen-bond donors (Lipinski definition) is 1. The van der Waals surface area contributed by atoms with Gasteiger partial charge in [-0.05, 0) is 32.1 Å². The van der Waals surface area contributed by atoms with Gasteiger partial charge in [0.2, 0.25) is 5.91 Å². The molecule has 15 heavy (non-hydrogen) atoms. The molecule has 0 saturated carbocycles. The summed E-state index contributed by atoms with van der Waals surface area (Å²) in [6.07, 6.45) is 4.02. The predicted octanol–water partition coefficient (Wildman–Crippen LogP) is 1.76. The fourth-order valence-electron chi connectivity index (χ4n) is 2.34. The summed E-state index contributed by atoms with van der Waals surface area (Å²) in [7, 11) is 0. The standard InChI is InChI=1S/C12H24N2O/c1-9(2)7-11-5-4-6-12(15)14(11)8-10(3)13/h9-11H,4-8,13H2,1-3H3. The number of amides is 1. The van der Waals surface area contributed by atoms with Crippen molar-refractivity contribution in [3.05, 3.63) is 0 Å². The first-order valence-electron chi connectivity index (χ1n) is 6.05. The largest absolute Gasteiger partial charge is 0.338 e. The molecule has 1 aliphatic heterocycles. The molecule has 2 N–H and O–H groups in total. The van der Waals surface area contributed by atoms with Gasteiger partial charge in [-0.1, -0.05) is 13.8 Å². The maximum atomic E-state index is 11.8. The van der Waals surface area contributed by atoms with E-state index >= 15 is 0 Å². The molecule has 1 amide bonds. The van der Waals surface area contributed by atoms with E-state index in [1.165, 1.54) is 0 Å². The van der Waals surface area contributed by atoms with Crippen molar-refractivity contribution in [2.24, 2.45) is 11.7 Å². The molecular weight excluding hydrogens is 188 g/mol. The Morgan fingerprint density at radius 2 is 2.13 bits per heavy atom. The Morgan fingerprint density at radius 3 is 2.67 bits per heavy atom. The highest BCUT2D eigenvalue weighted by molar-refractivity contribution is 5.77. The molecule has 88 valence electrons. The van der Waals surface area contributed by atoms with E-state index in [4.69, 9.17) is 5.73 Å². The summed E-state index contributed by atoms with van der Waals surface area (Å²) in [5, 5.41) is 0. The minimum absolute atomic E-state index is 0.0849. The van der Waals surface area contributed by atoms with Gasteiger partial charge >= 0.3 is 0 Å². The number of carbonyl (C=O) groups is 1. The lowest BCUT2D eigenvalue weighted by atomic mass is 9.93. The Kier molecular flexibility index (Phi) is 4.58. The molecule has 0 aliphatic carbocycles. The highest BCUT2D eigenvalue weighted by Crippen LogP contribution is 2.23. The molecule has 1 saturated heterocycles. The molecule has 1 heterocycles. The molecule has 2 atom stereocenters. The molecule has 1 fully saturated rings. The van der Waals surface area contributed by atoms with Gasteiger partial charge in [0, 0.05) is 25.0 Å². The molecule has 1 rings (SSSR count). The minimum Gasteiger partial charge on any atom is -0.338 e. The van der Waals surface area contributed by atoms with Gasteiger partial charge in [-0.25, -0.2) is 0 Å². The SMILES string of the molecule is CC(C)CC1CCCC(=O)N1CC(C)N. The number of piperidine rings is 1. The van der Waals surface area contributed by atoms with Crippen LogP contribution in [0.25, 0.3) is 0 Å². The second-order valence-corrected chi connectivity index (χ2v) is 5.20. The molecule has 0 aromatic heterocycles. The van der Waals surface area contributed by atoms with Crippen molar-refractivity contribution in [2.75, 3.05) is 6.54 Å². The molecule has 0 aromatic rings. The van der Waals surface area contributed by atoms with Crippen molar-refractivity contribution in [3.63, 3.8) is 0 Å². The second-order valence-electron chi connectivity index (χ2n) is 5.20. The minimum atomic E-state index is 0.0849. The van der Waals surface area contributed by atoms with Crippen LogP contribution in [-0.4, -0.2) is 29.4 Å².